The molecule has 0 aliphatic heterocycles. The summed E-state index contributed by atoms with van der Waals surface area (Å²) < 4.78 is 7.01. The van der Waals surface area contributed by atoms with Crippen LogP contribution in [-0.4, -0.2) is 22.6 Å². The van der Waals surface area contributed by atoms with Gasteiger partial charge in [0.25, 0.3) is 0 Å². The van der Waals surface area contributed by atoms with E-state index in [1.165, 1.54) is 12.7 Å². The highest BCUT2D eigenvalue weighted by molar-refractivity contribution is 5.79. The van der Waals surface area contributed by atoms with Crippen LogP contribution in [0.1, 0.15) is 44.2 Å². The van der Waals surface area contributed by atoms with Crippen LogP contribution in [0.15, 0.2) is 18.2 Å². The quantitative estimate of drug-likeness (QED) is 0.884. The highest BCUT2D eigenvalue weighted by atomic mass is 16.5. The molecule has 0 saturated heterocycles. The summed E-state index contributed by atoms with van der Waals surface area (Å²) in [6.45, 7) is 2.15. The van der Waals surface area contributed by atoms with Crippen molar-refractivity contribution in [2.24, 2.45) is 5.92 Å². The van der Waals surface area contributed by atoms with Gasteiger partial charge in [0.2, 0.25) is 5.95 Å². The van der Waals surface area contributed by atoms with Gasteiger partial charge in [0.1, 0.15) is 0 Å². The minimum Gasteiger partial charge on any atom is -0.469 e. The van der Waals surface area contributed by atoms with Gasteiger partial charge in [-0.2, -0.15) is 0 Å². The van der Waals surface area contributed by atoms with E-state index in [-0.39, 0.29) is 11.9 Å². The fraction of sp³-hybridized carbons (Fsp3) is 0.529. The Balaban J connectivity index is 1.87. The van der Waals surface area contributed by atoms with Gasteiger partial charge in [-0.25, -0.2) is 4.98 Å². The van der Waals surface area contributed by atoms with Gasteiger partial charge in [0, 0.05) is 6.04 Å². The molecule has 2 N–H and O–H groups in total. The lowest BCUT2D eigenvalue weighted by molar-refractivity contribution is -0.146. The number of anilines is 1. The monoisotopic (exact) mass is 301 g/mol. The van der Waals surface area contributed by atoms with Crippen molar-refractivity contribution in [1.29, 1.82) is 0 Å². The van der Waals surface area contributed by atoms with E-state index in [2.05, 4.69) is 28.6 Å². The summed E-state index contributed by atoms with van der Waals surface area (Å²) in [5, 5.41) is 0. The Morgan fingerprint density at radius 1 is 1.36 bits per heavy atom. The van der Waals surface area contributed by atoms with Crippen molar-refractivity contribution in [3.63, 3.8) is 0 Å². The maximum atomic E-state index is 11.7. The van der Waals surface area contributed by atoms with Crippen LogP contribution in [0.4, 0.5) is 5.95 Å². The number of methoxy groups -OCH3 is 1. The number of nitrogens with two attached hydrogens (primary N) is 1. The largest absolute Gasteiger partial charge is 0.469 e. The second-order valence-electron chi connectivity index (χ2n) is 6.05. The third kappa shape index (κ3) is 2.56. The summed E-state index contributed by atoms with van der Waals surface area (Å²) in [5.41, 5.74) is 9.50. The zero-order chi connectivity index (χ0) is 15.7. The van der Waals surface area contributed by atoms with Crippen LogP contribution in [0.3, 0.4) is 0 Å². The number of rotatable bonds is 3. The van der Waals surface area contributed by atoms with Crippen LogP contribution >= 0.6 is 0 Å². The van der Waals surface area contributed by atoms with E-state index in [1.54, 1.807) is 0 Å². The van der Waals surface area contributed by atoms with E-state index >= 15 is 0 Å². The van der Waals surface area contributed by atoms with Crippen molar-refractivity contribution in [3.8, 4) is 0 Å². The average Bonchev–Trinajstić information content (AvgIpc) is 2.89. The van der Waals surface area contributed by atoms with Gasteiger partial charge in [0.15, 0.2) is 0 Å². The average molecular weight is 301 g/mol. The van der Waals surface area contributed by atoms with Gasteiger partial charge in [-0.3, -0.25) is 4.79 Å². The lowest BCUT2D eigenvalue weighted by Crippen LogP contribution is -2.25. The number of aryl methyl sites for hydroxylation is 1. The molecule has 0 atom stereocenters. The van der Waals surface area contributed by atoms with Crippen molar-refractivity contribution in [3.05, 3.63) is 23.8 Å². The molecule has 5 nitrogen and oxygen atoms in total. The summed E-state index contributed by atoms with van der Waals surface area (Å²) in [5.74, 6) is 0.517. The summed E-state index contributed by atoms with van der Waals surface area (Å²) in [6, 6.07) is 6.65. The van der Waals surface area contributed by atoms with Crippen LogP contribution in [0.2, 0.25) is 0 Å². The molecule has 1 aliphatic rings. The van der Waals surface area contributed by atoms with Gasteiger partial charge >= 0.3 is 5.97 Å². The Bertz CT molecular complexity index is 685. The van der Waals surface area contributed by atoms with E-state index in [1.807, 2.05) is 6.07 Å². The van der Waals surface area contributed by atoms with Crippen LogP contribution in [-0.2, 0) is 16.0 Å². The summed E-state index contributed by atoms with van der Waals surface area (Å²) in [6.07, 6.45) is 4.57. The number of fused-ring (bicyclic) bond motifs is 1. The molecule has 0 spiro atoms. The molecule has 118 valence electrons. The molecule has 1 aromatic heterocycles. The second kappa shape index (κ2) is 5.99. The zero-order valence-corrected chi connectivity index (χ0v) is 13.2. The Morgan fingerprint density at radius 3 is 2.73 bits per heavy atom. The summed E-state index contributed by atoms with van der Waals surface area (Å²) in [4.78, 5) is 16.1. The van der Waals surface area contributed by atoms with Crippen LogP contribution in [0.5, 0.6) is 0 Å². The lowest BCUT2D eigenvalue weighted by Gasteiger charge is -2.28. The zero-order valence-electron chi connectivity index (χ0n) is 13.2. The highest BCUT2D eigenvalue weighted by Crippen LogP contribution is 2.36. The minimum absolute atomic E-state index is 0.0310. The van der Waals surface area contributed by atoms with E-state index < -0.39 is 0 Å². The molecule has 5 heteroatoms. The van der Waals surface area contributed by atoms with Crippen molar-refractivity contribution in [2.75, 3.05) is 12.8 Å². The second-order valence-corrected chi connectivity index (χ2v) is 6.05. The maximum absolute atomic E-state index is 11.7. The number of nitrogen functional groups attached to an aromatic ring is 1. The first-order valence-corrected chi connectivity index (χ1v) is 7.98. The van der Waals surface area contributed by atoms with E-state index in [4.69, 9.17) is 10.5 Å². The number of hydrogen-bond donors (Lipinski definition) is 1. The molecule has 1 aliphatic carbocycles. The number of aromatic nitrogens is 2. The molecule has 0 radical (unpaired) electrons. The fourth-order valence-corrected chi connectivity index (χ4v) is 3.50. The van der Waals surface area contributed by atoms with Crippen LogP contribution in [0.25, 0.3) is 11.0 Å². The van der Waals surface area contributed by atoms with E-state index in [0.29, 0.717) is 12.0 Å². The topological polar surface area (TPSA) is 70.1 Å². The molecule has 0 amide bonds. The fourth-order valence-electron chi connectivity index (χ4n) is 3.50. The molecular formula is C17H23N3O2. The normalized spacial score (nSPS) is 21.9. The Kier molecular flexibility index (Phi) is 4.05. The van der Waals surface area contributed by atoms with Crippen LogP contribution in [0, 0.1) is 5.92 Å². The molecular weight excluding hydrogens is 278 g/mol. The van der Waals surface area contributed by atoms with Gasteiger partial charge in [-0.1, -0.05) is 13.0 Å². The first-order chi connectivity index (χ1) is 10.6. The molecule has 22 heavy (non-hydrogen) atoms. The highest BCUT2D eigenvalue weighted by Gasteiger charge is 2.29. The molecule has 1 aromatic carbocycles. The smallest absolute Gasteiger partial charge is 0.308 e. The third-order valence-corrected chi connectivity index (χ3v) is 4.79. The van der Waals surface area contributed by atoms with Crippen molar-refractivity contribution in [1.82, 2.24) is 9.55 Å². The summed E-state index contributed by atoms with van der Waals surface area (Å²) >= 11 is 0. The number of nitrogens with zero attached hydrogens (tertiary/aromatic N) is 2. The van der Waals surface area contributed by atoms with Gasteiger partial charge < -0.3 is 15.0 Å². The molecule has 1 saturated carbocycles. The van der Waals surface area contributed by atoms with Crippen molar-refractivity contribution in [2.45, 2.75) is 45.1 Å². The molecule has 1 heterocycles. The van der Waals surface area contributed by atoms with E-state index in [0.717, 1.165) is 43.1 Å². The number of carbonyl (C=O) groups excluding carboxylic acids is 1. The van der Waals surface area contributed by atoms with Crippen LogP contribution < -0.4 is 5.73 Å². The number of ether oxygens (including phenoxy) is 1. The Labute approximate surface area is 130 Å². The van der Waals surface area contributed by atoms with Gasteiger partial charge in [-0.05, 0) is 49.8 Å². The molecule has 2 aromatic rings. The van der Waals surface area contributed by atoms with Gasteiger partial charge in [-0.15, -0.1) is 0 Å². The number of imidazole rings is 1. The molecule has 0 bridgehead atoms. The molecule has 1 fully saturated rings. The van der Waals surface area contributed by atoms with Crippen molar-refractivity contribution >= 4 is 23.0 Å². The first kappa shape index (κ1) is 14.9. The third-order valence-electron chi connectivity index (χ3n) is 4.79. The standard InChI is InChI=1S/C17H23N3O2/c1-3-11-4-9-14-15(10-11)20(17(18)19-14)13-7-5-12(6-8-13)16(21)22-2/h4,9-10,12-13H,3,5-8H2,1-2H3,(H2,18,19)/t12-,13+. The number of carbonyl (C=O) groups is 1. The lowest BCUT2D eigenvalue weighted by atomic mass is 9.86. The Morgan fingerprint density at radius 2 is 2.09 bits per heavy atom. The summed E-state index contributed by atoms with van der Waals surface area (Å²) in [7, 11) is 1.46. The SMILES string of the molecule is CCc1ccc2nc(N)n([C@H]3CC[C@@H](C(=O)OC)CC3)c2c1. The molecule has 3 rings (SSSR count). The van der Waals surface area contributed by atoms with E-state index in [9.17, 15) is 4.79 Å². The Hall–Kier alpha value is -2.04. The minimum atomic E-state index is -0.0878. The number of hydrogen-bond acceptors (Lipinski definition) is 4. The number of benzene rings is 1. The van der Waals surface area contributed by atoms with Gasteiger partial charge in [0.05, 0.1) is 24.1 Å². The first-order valence-electron chi connectivity index (χ1n) is 7.98. The van der Waals surface area contributed by atoms with Crippen molar-refractivity contribution < 1.29 is 9.53 Å². The molecule has 0 unspecified atom stereocenters. The predicted molar refractivity (Wildman–Crippen MR) is 86.5 cm³/mol. The maximum Gasteiger partial charge on any atom is 0.308 e. The predicted octanol–water partition coefficient (Wildman–Crippen LogP) is 3.09. The number of esters is 1.